The Kier molecular flexibility index (Phi) is 9.84. The van der Waals surface area contributed by atoms with Crippen LogP contribution < -0.4 is 21.3 Å². The summed E-state index contributed by atoms with van der Waals surface area (Å²) < 4.78 is 10.9. The number of hydrogen-bond acceptors (Lipinski definition) is 7. The number of anilines is 2. The Morgan fingerprint density at radius 1 is 1.00 bits per heavy atom. The molecule has 1 unspecified atom stereocenters. The standard InChI is InChI=1S/C31H40N4O5S/c1-19(32-28(36)18-21-12-13-27-24(17-21)33-22-10-6-7-11-26(22)41-27)29(37)35-25(16-20-8-4-3-5-9-20)30(38)34-23-14-15-40-31(23)39-2/h6-7,10-13,17,19-20,23,25,31,33H,3-5,8-9,14-16,18H2,1-2H3,(H,32,36)(H,34,38)(H,35,37)/t19-,23-,25-,31?/m0/s1. The maximum absolute atomic E-state index is 13.3. The van der Waals surface area contributed by atoms with Crippen molar-refractivity contribution in [2.75, 3.05) is 19.0 Å². The molecule has 4 atom stereocenters. The first-order valence-corrected chi connectivity index (χ1v) is 15.4. The molecule has 1 saturated carbocycles. The van der Waals surface area contributed by atoms with Gasteiger partial charge in [-0.2, -0.15) is 0 Å². The molecule has 10 heteroatoms. The minimum atomic E-state index is -0.788. The first-order valence-electron chi connectivity index (χ1n) is 14.6. The van der Waals surface area contributed by atoms with Gasteiger partial charge in [0.25, 0.3) is 0 Å². The topological polar surface area (TPSA) is 118 Å². The number of benzene rings is 2. The molecule has 2 aromatic rings. The van der Waals surface area contributed by atoms with E-state index in [0.29, 0.717) is 25.4 Å². The zero-order valence-corrected chi connectivity index (χ0v) is 24.6. The number of carbonyl (C=O) groups excluding carboxylic acids is 3. The highest BCUT2D eigenvalue weighted by molar-refractivity contribution is 7.99. The van der Waals surface area contributed by atoms with E-state index in [1.165, 1.54) is 6.42 Å². The van der Waals surface area contributed by atoms with Gasteiger partial charge in [0.15, 0.2) is 6.29 Å². The number of carbonyl (C=O) groups is 3. The van der Waals surface area contributed by atoms with Crippen LogP contribution in [0.25, 0.3) is 0 Å². The van der Waals surface area contributed by atoms with Crippen molar-refractivity contribution in [3.8, 4) is 0 Å². The van der Waals surface area contributed by atoms with Crippen LogP contribution in [0.3, 0.4) is 0 Å². The van der Waals surface area contributed by atoms with E-state index < -0.39 is 18.4 Å². The van der Waals surface area contributed by atoms with Gasteiger partial charge >= 0.3 is 0 Å². The molecule has 2 fully saturated rings. The van der Waals surface area contributed by atoms with E-state index in [1.54, 1.807) is 25.8 Å². The first-order chi connectivity index (χ1) is 19.9. The van der Waals surface area contributed by atoms with E-state index in [0.717, 1.165) is 52.4 Å². The number of para-hydroxylation sites is 1. The van der Waals surface area contributed by atoms with Crippen molar-refractivity contribution in [1.82, 2.24) is 16.0 Å². The summed E-state index contributed by atoms with van der Waals surface area (Å²) in [5.74, 6) is -0.484. The molecular formula is C31H40N4O5S. The Morgan fingerprint density at radius 2 is 1.78 bits per heavy atom. The van der Waals surface area contributed by atoms with Crippen LogP contribution in [-0.2, 0) is 30.3 Å². The molecule has 0 radical (unpaired) electrons. The number of methoxy groups -OCH3 is 1. The summed E-state index contributed by atoms with van der Waals surface area (Å²) in [6.07, 6.45) is 6.50. The van der Waals surface area contributed by atoms with Crippen LogP contribution in [0.15, 0.2) is 52.3 Å². The van der Waals surface area contributed by atoms with Crippen molar-refractivity contribution in [3.63, 3.8) is 0 Å². The molecule has 1 saturated heterocycles. The van der Waals surface area contributed by atoms with E-state index in [9.17, 15) is 14.4 Å². The monoisotopic (exact) mass is 580 g/mol. The minimum absolute atomic E-state index is 0.144. The third-order valence-corrected chi connectivity index (χ3v) is 9.23. The van der Waals surface area contributed by atoms with Crippen LogP contribution in [0.1, 0.15) is 57.4 Å². The minimum Gasteiger partial charge on any atom is -0.354 e. The van der Waals surface area contributed by atoms with E-state index in [1.807, 2.05) is 36.4 Å². The molecule has 2 aliphatic heterocycles. The number of ether oxygens (including phenoxy) is 2. The highest BCUT2D eigenvalue weighted by Gasteiger charge is 2.34. The van der Waals surface area contributed by atoms with Gasteiger partial charge in [-0.15, -0.1) is 0 Å². The zero-order chi connectivity index (χ0) is 28.8. The average Bonchev–Trinajstić information content (AvgIpc) is 3.43. The zero-order valence-electron chi connectivity index (χ0n) is 23.7. The first kappa shape index (κ1) is 29.4. The quantitative estimate of drug-likeness (QED) is 0.283. The normalized spacial score (nSPS) is 21.5. The van der Waals surface area contributed by atoms with Gasteiger partial charge in [0.05, 0.1) is 30.4 Å². The van der Waals surface area contributed by atoms with Crippen molar-refractivity contribution in [2.24, 2.45) is 5.92 Å². The Morgan fingerprint density at radius 3 is 2.59 bits per heavy atom. The summed E-state index contributed by atoms with van der Waals surface area (Å²) in [5, 5.41) is 12.2. The molecular weight excluding hydrogens is 540 g/mol. The van der Waals surface area contributed by atoms with Gasteiger partial charge in [-0.1, -0.05) is 62.1 Å². The molecule has 1 aliphatic carbocycles. The van der Waals surface area contributed by atoms with Crippen LogP contribution in [0.2, 0.25) is 0 Å². The van der Waals surface area contributed by atoms with Crippen molar-refractivity contribution in [2.45, 2.75) is 92.5 Å². The van der Waals surface area contributed by atoms with Crippen LogP contribution >= 0.6 is 11.8 Å². The van der Waals surface area contributed by atoms with Crippen LogP contribution in [0.4, 0.5) is 11.4 Å². The van der Waals surface area contributed by atoms with Crippen LogP contribution in [-0.4, -0.2) is 55.9 Å². The van der Waals surface area contributed by atoms with E-state index in [4.69, 9.17) is 9.47 Å². The van der Waals surface area contributed by atoms with Crippen molar-refractivity contribution >= 4 is 40.9 Å². The molecule has 3 amide bonds. The largest absolute Gasteiger partial charge is 0.354 e. The number of amides is 3. The Hall–Kier alpha value is -3.08. The average molecular weight is 581 g/mol. The number of rotatable bonds is 10. The fourth-order valence-electron chi connectivity index (χ4n) is 5.84. The van der Waals surface area contributed by atoms with E-state index in [-0.39, 0.29) is 30.2 Å². The lowest BCUT2D eigenvalue weighted by Gasteiger charge is -2.29. The second-order valence-electron chi connectivity index (χ2n) is 11.2. The van der Waals surface area contributed by atoms with E-state index in [2.05, 4.69) is 27.3 Å². The van der Waals surface area contributed by atoms with Gasteiger partial charge in [-0.3, -0.25) is 14.4 Å². The predicted molar refractivity (Wildman–Crippen MR) is 158 cm³/mol. The van der Waals surface area contributed by atoms with Crippen molar-refractivity contribution in [1.29, 1.82) is 0 Å². The Labute approximate surface area is 245 Å². The highest BCUT2D eigenvalue weighted by Crippen LogP contribution is 2.44. The van der Waals surface area contributed by atoms with Gasteiger partial charge in [0, 0.05) is 16.9 Å². The predicted octanol–water partition coefficient (Wildman–Crippen LogP) is 4.27. The fourth-order valence-corrected chi connectivity index (χ4v) is 6.81. The molecule has 5 rings (SSSR count). The molecule has 0 bridgehead atoms. The third kappa shape index (κ3) is 7.61. The molecule has 4 N–H and O–H groups in total. The van der Waals surface area contributed by atoms with E-state index >= 15 is 0 Å². The summed E-state index contributed by atoms with van der Waals surface area (Å²) in [6.45, 7) is 2.16. The molecule has 0 spiro atoms. The summed E-state index contributed by atoms with van der Waals surface area (Å²) in [7, 11) is 1.56. The number of fused-ring (bicyclic) bond motifs is 2. The fraction of sp³-hybridized carbons (Fsp3) is 0.516. The van der Waals surface area contributed by atoms with Crippen molar-refractivity contribution in [3.05, 3.63) is 48.0 Å². The molecule has 9 nitrogen and oxygen atoms in total. The summed E-state index contributed by atoms with van der Waals surface area (Å²) in [5.41, 5.74) is 2.86. The maximum Gasteiger partial charge on any atom is 0.242 e. The molecule has 0 aromatic heterocycles. The maximum atomic E-state index is 13.3. The van der Waals surface area contributed by atoms with Crippen molar-refractivity contribution < 1.29 is 23.9 Å². The van der Waals surface area contributed by atoms with Gasteiger partial charge in [-0.25, -0.2) is 0 Å². The summed E-state index contributed by atoms with van der Waals surface area (Å²) in [6, 6.07) is 12.3. The second kappa shape index (κ2) is 13.7. The Bertz CT molecular complexity index is 1250. The van der Waals surface area contributed by atoms with Gasteiger partial charge in [0.2, 0.25) is 17.7 Å². The molecule has 2 heterocycles. The number of hydrogen-bond donors (Lipinski definition) is 4. The van der Waals surface area contributed by atoms with Crippen LogP contribution in [0, 0.1) is 5.92 Å². The van der Waals surface area contributed by atoms with Crippen LogP contribution in [0.5, 0.6) is 0 Å². The molecule has 220 valence electrons. The second-order valence-corrected chi connectivity index (χ2v) is 12.3. The lowest BCUT2D eigenvalue weighted by atomic mass is 9.84. The van der Waals surface area contributed by atoms with Gasteiger partial charge in [-0.05, 0) is 55.5 Å². The Balaban J connectivity index is 1.17. The summed E-state index contributed by atoms with van der Waals surface area (Å²) >= 11 is 1.69. The molecule has 41 heavy (non-hydrogen) atoms. The number of nitrogens with one attached hydrogen (secondary N) is 4. The molecule has 3 aliphatic rings. The smallest absolute Gasteiger partial charge is 0.242 e. The lowest BCUT2D eigenvalue weighted by Crippen LogP contribution is -2.55. The highest BCUT2D eigenvalue weighted by atomic mass is 32.2. The van der Waals surface area contributed by atoms with Gasteiger partial charge in [0.1, 0.15) is 12.1 Å². The SMILES string of the molecule is COC1OCC[C@@H]1NC(=O)[C@H](CC1CCCCC1)NC(=O)[C@H](C)NC(=O)Cc1ccc2c(c1)Nc1ccccc1S2. The lowest BCUT2D eigenvalue weighted by molar-refractivity contribution is -0.134. The third-order valence-electron chi connectivity index (χ3n) is 8.08. The molecule has 2 aromatic carbocycles. The summed E-state index contributed by atoms with van der Waals surface area (Å²) in [4.78, 5) is 41.7. The van der Waals surface area contributed by atoms with Gasteiger partial charge < -0.3 is 30.7 Å².